The Balaban J connectivity index is 1.51. The Bertz CT molecular complexity index is 980. The highest BCUT2D eigenvalue weighted by molar-refractivity contribution is 9.10. The molecule has 2 aromatic carbocycles. The van der Waals surface area contributed by atoms with Crippen molar-refractivity contribution in [3.63, 3.8) is 0 Å². The molecule has 2 aliphatic rings. The third-order valence-corrected chi connectivity index (χ3v) is 5.97. The summed E-state index contributed by atoms with van der Waals surface area (Å²) in [6.07, 6.45) is 6.83. The van der Waals surface area contributed by atoms with Crippen molar-refractivity contribution < 1.29 is 14.3 Å². The summed E-state index contributed by atoms with van der Waals surface area (Å²) in [6.45, 7) is 1.66. The number of amides is 1. The van der Waals surface area contributed by atoms with Gasteiger partial charge in [-0.2, -0.15) is 0 Å². The molecule has 29 heavy (non-hydrogen) atoms. The van der Waals surface area contributed by atoms with Crippen molar-refractivity contribution in [2.75, 3.05) is 19.8 Å². The van der Waals surface area contributed by atoms with E-state index >= 15 is 0 Å². The molecular formula is C23H21BrClNO3. The van der Waals surface area contributed by atoms with E-state index in [0.29, 0.717) is 24.8 Å². The van der Waals surface area contributed by atoms with Gasteiger partial charge in [0, 0.05) is 34.3 Å². The first-order valence-corrected chi connectivity index (χ1v) is 10.7. The van der Waals surface area contributed by atoms with Crippen LogP contribution < -0.4 is 10.1 Å². The average Bonchev–Trinajstić information content (AvgIpc) is 2.72. The SMILES string of the molecule is O=C(/C=C/C1=Cc2cc(Cl)ccc2OC1)NC1(c2cccc(Br)c2)CCOCC1. The first kappa shape index (κ1) is 20.2. The maximum Gasteiger partial charge on any atom is 0.244 e. The van der Waals surface area contributed by atoms with Crippen LogP contribution in [0.3, 0.4) is 0 Å². The highest BCUT2D eigenvalue weighted by Gasteiger charge is 2.35. The van der Waals surface area contributed by atoms with E-state index in [9.17, 15) is 4.79 Å². The Kier molecular flexibility index (Phi) is 6.09. The molecule has 6 heteroatoms. The van der Waals surface area contributed by atoms with Gasteiger partial charge in [0.25, 0.3) is 0 Å². The Morgan fingerprint density at radius 1 is 1.17 bits per heavy atom. The van der Waals surface area contributed by atoms with Gasteiger partial charge in [-0.1, -0.05) is 45.7 Å². The van der Waals surface area contributed by atoms with E-state index in [0.717, 1.165) is 39.8 Å². The number of fused-ring (bicyclic) bond motifs is 1. The normalized spacial score (nSPS) is 17.9. The summed E-state index contributed by atoms with van der Waals surface area (Å²) in [6, 6.07) is 13.6. The number of carbonyl (C=O) groups is 1. The first-order valence-electron chi connectivity index (χ1n) is 9.51. The van der Waals surface area contributed by atoms with Crippen LogP contribution in [0.4, 0.5) is 0 Å². The second kappa shape index (κ2) is 8.74. The van der Waals surface area contributed by atoms with Crippen molar-refractivity contribution in [3.8, 4) is 5.75 Å². The van der Waals surface area contributed by atoms with Crippen LogP contribution in [0.5, 0.6) is 5.75 Å². The van der Waals surface area contributed by atoms with Gasteiger partial charge >= 0.3 is 0 Å². The van der Waals surface area contributed by atoms with Crippen LogP contribution in [-0.4, -0.2) is 25.7 Å². The molecular weight excluding hydrogens is 454 g/mol. The molecule has 0 aliphatic carbocycles. The summed E-state index contributed by atoms with van der Waals surface area (Å²) < 4.78 is 12.3. The summed E-state index contributed by atoms with van der Waals surface area (Å²) in [5, 5.41) is 3.88. The fraction of sp³-hybridized carbons (Fsp3) is 0.261. The zero-order valence-electron chi connectivity index (χ0n) is 15.8. The molecule has 2 aliphatic heterocycles. The van der Waals surface area contributed by atoms with Gasteiger partial charge in [0.15, 0.2) is 0 Å². The third kappa shape index (κ3) is 4.74. The lowest BCUT2D eigenvalue weighted by molar-refractivity contribution is -0.119. The van der Waals surface area contributed by atoms with E-state index in [-0.39, 0.29) is 5.91 Å². The fourth-order valence-corrected chi connectivity index (χ4v) is 4.29. The van der Waals surface area contributed by atoms with Crippen molar-refractivity contribution in [1.29, 1.82) is 0 Å². The maximum absolute atomic E-state index is 12.8. The average molecular weight is 475 g/mol. The lowest BCUT2D eigenvalue weighted by Crippen LogP contribution is -2.49. The summed E-state index contributed by atoms with van der Waals surface area (Å²) >= 11 is 9.60. The summed E-state index contributed by atoms with van der Waals surface area (Å²) in [5.41, 5.74) is 2.49. The van der Waals surface area contributed by atoms with Crippen LogP contribution in [0.1, 0.15) is 24.0 Å². The standard InChI is InChI=1S/C23H21BrClNO3/c24-19-3-1-2-18(14-19)23(8-10-28-11-9-23)26-22(27)7-4-16-12-17-13-20(25)5-6-21(17)29-15-16/h1-7,12-14H,8-11,15H2,(H,26,27)/b7-4+. The molecule has 150 valence electrons. The number of ether oxygens (including phenoxy) is 2. The van der Waals surface area contributed by atoms with Gasteiger partial charge in [0.1, 0.15) is 12.4 Å². The van der Waals surface area contributed by atoms with Gasteiger partial charge in [-0.15, -0.1) is 0 Å². The number of nitrogens with one attached hydrogen (secondary N) is 1. The van der Waals surface area contributed by atoms with Crippen molar-refractivity contribution in [1.82, 2.24) is 5.32 Å². The fourth-order valence-electron chi connectivity index (χ4n) is 3.71. The van der Waals surface area contributed by atoms with E-state index in [1.54, 1.807) is 18.2 Å². The predicted molar refractivity (Wildman–Crippen MR) is 118 cm³/mol. The van der Waals surface area contributed by atoms with Gasteiger partial charge < -0.3 is 14.8 Å². The van der Waals surface area contributed by atoms with E-state index in [2.05, 4.69) is 33.4 Å². The third-order valence-electron chi connectivity index (χ3n) is 5.24. The molecule has 0 radical (unpaired) electrons. The van der Waals surface area contributed by atoms with E-state index in [1.165, 1.54) is 0 Å². The van der Waals surface area contributed by atoms with E-state index in [4.69, 9.17) is 21.1 Å². The minimum Gasteiger partial charge on any atom is -0.488 e. The molecule has 0 bridgehead atoms. The Labute approximate surface area is 183 Å². The van der Waals surface area contributed by atoms with Gasteiger partial charge in [-0.05, 0) is 60.4 Å². The van der Waals surface area contributed by atoms with Crippen LogP contribution in [0.2, 0.25) is 5.02 Å². The summed E-state index contributed by atoms with van der Waals surface area (Å²) in [5.74, 6) is 0.663. The number of hydrogen-bond acceptors (Lipinski definition) is 3. The molecule has 4 rings (SSSR count). The first-order chi connectivity index (χ1) is 14.0. The molecule has 0 saturated carbocycles. The topological polar surface area (TPSA) is 47.6 Å². The minimum atomic E-state index is -0.430. The molecule has 1 fully saturated rings. The Morgan fingerprint density at radius 3 is 2.79 bits per heavy atom. The lowest BCUT2D eigenvalue weighted by atomic mass is 9.82. The minimum absolute atomic E-state index is 0.135. The number of carbonyl (C=O) groups excluding carboxylic acids is 1. The van der Waals surface area contributed by atoms with Crippen LogP contribution in [0.25, 0.3) is 6.08 Å². The number of rotatable bonds is 4. The summed E-state index contributed by atoms with van der Waals surface area (Å²) in [4.78, 5) is 12.8. The van der Waals surface area contributed by atoms with Gasteiger partial charge in [-0.3, -0.25) is 4.79 Å². The quantitative estimate of drug-likeness (QED) is 0.615. The zero-order chi connectivity index (χ0) is 20.3. The molecule has 2 aromatic rings. The highest BCUT2D eigenvalue weighted by Crippen LogP contribution is 2.34. The van der Waals surface area contributed by atoms with Gasteiger partial charge in [0.2, 0.25) is 5.91 Å². The molecule has 1 saturated heterocycles. The zero-order valence-corrected chi connectivity index (χ0v) is 18.1. The molecule has 0 atom stereocenters. The number of benzene rings is 2. The van der Waals surface area contributed by atoms with Crippen molar-refractivity contribution in [2.45, 2.75) is 18.4 Å². The number of halogens is 2. The maximum atomic E-state index is 12.8. The molecule has 0 unspecified atom stereocenters. The lowest BCUT2D eigenvalue weighted by Gasteiger charge is -2.38. The van der Waals surface area contributed by atoms with Crippen molar-refractivity contribution in [3.05, 3.63) is 80.8 Å². The predicted octanol–water partition coefficient (Wildman–Crippen LogP) is 5.26. The smallest absolute Gasteiger partial charge is 0.244 e. The van der Waals surface area contributed by atoms with E-state index in [1.807, 2.05) is 30.3 Å². The Hall–Kier alpha value is -2.08. The van der Waals surface area contributed by atoms with Crippen LogP contribution in [-0.2, 0) is 15.1 Å². The largest absolute Gasteiger partial charge is 0.488 e. The number of hydrogen-bond donors (Lipinski definition) is 1. The molecule has 0 aromatic heterocycles. The molecule has 2 heterocycles. The van der Waals surface area contributed by atoms with Crippen molar-refractivity contribution in [2.24, 2.45) is 0 Å². The molecule has 4 nitrogen and oxygen atoms in total. The van der Waals surface area contributed by atoms with Crippen molar-refractivity contribution >= 4 is 39.5 Å². The van der Waals surface area contributed by atoms with Crippen LogP contribution >= 0.6 is 27.5 Å². The van der Waals surface area contributed by atoms with Crippen LogP contribution in [0, 0.1) is 0 Å². The second-order valence-corrected chi connectivity index (χ2v) is 8.57. The van der Waals surface area contributed by atoms with Crippen LogP contribution in [0.15, 0.2) is 64.7 Å². The molecule has 1 amide bonds. The Morgan fingerprint density at radius 2 is 2.00 bits per heavy atom. The molecule has 0 spiro atoms. The second-order valence-electron chi connectivity index (χ2n) is 7.22. The monoisotopic (exact) mass is 473 g/mol. The summed E-state index contributed by atoms with van der Waals surface area (Å²) in [7, 11) is 0. The molecule has 1 N–H and O–H groups in total. The van der Waals surface area contributed by atoms with E-state index < -0.39 is 5.54 Å². The van der Waals surface area contributed by atoms with Gasteiger partial charge in [0.05, 0.1) is 5.54 Å². The van der Waals surface area contributed by atoms with Gasteiger partial charge in [-0.25, -0.2) is 0 Å². The highest BCUT2D eigenvalue weighted by atomic mass is 79.9.